The zero-order chi connectivity index (χ0) is 7.94. The van der Waals surface area contributed by atoms with Crippen molar-refractivity contribution in [1.29, 1.82) is 0 Å². The lowest BCUT2D eigenvalue weighted by Crippen LogP contribution is -2.46. The summed E-state index contributed by atoms with van der Waals surface area (Å²) in [4.78, 5) is 11.3. The summed E-state index contributed by atoms with van der Waals surface area (Å²) in [6, 6.07) is 0. The van der Waals surface area contributed by atoms with Crippen LogP contribution < -0.4 is 0 Å². The minimum Gasteiger partial charge on any atom is -0.294 e. The third kappa shape index (κ3) is 0.664. The van der Waals surface area contributed by atoms with Gasteiger partial charge in [0.2, 0.25) is 0 Å². The van der Waals surface area contributed by atoms with E-state index < -0.39 is 0 Å². The minimum absolute atomic E-state index is 0.0954. The number of ketones is 1. The van der Waals surface area contributed by atoms with Crippen LogP contribution in [0.5, 0.6) is 0 Å². The molecule has 0 heterocycles. The Morgan fingerprint density at radius 1 is 1.50 bits per heavy atom. The molecule has 0 aromatic rings. The van der Waals surface area contributed by atoms with Crippen molar-refractivity contribution in [2.45, 2.75) is 27.7 Å². The summed E-state index contributed by atoms with van der Waals surface area (Å²) >= 11 is 0. The van der Waals surface area contributed by atoms with E-state index >= 15 is 0 Å². The van der Waals surface area contributed by atoms with Gasteiger partial charge in [-0.2, -0.15) is 0 Å². The molecule has 0 aromatic carbocycles. The fourth-order valence-electron chi connectivity index (χ4n) is 1.46. The Kier molecular flexibility index (Phi) is 1.46. The summed E-state index contributed by atoms with van der Waals surface area (Å²) < 4.78 is 0. The van der Waals surface area contributed by atoms with Crippen molar-refractivity contribution < 1.29 is 4.79 Å². The highest BCUT2D eigenvalue weighted by atomic mass is 16.1. The molecule has 0 N–H and O–H groups in total. The molecule has 1 rings (SSSR count). The molecule has 0 amide bonds. The molecule has 1 fully saturated rings. The molecule has 0 aliphatic heterocycles. The third-order valence-electron chi connectivity index (χ3n) is 2.71. The van der Waals surface area contributed by atoms with Crippen molar-refractivity contribution >= 4 is 5.78 Å². The number of allylic oxidation sites excluding steroid dienone is 2. The van der Waals surface area contributed by atoms with Crippen LogP contribution in [-0.4, -0.2) is 5.78 Å². The van der Waals surface area contributed by atoms with E-state index in [9.17, 15) is 4.79 Å². The molecule has 1 nitrogen and oxygen atoms in total. The molecule has 1 aliphatic carbocycles. The monoisotopic (exact) mass is 138 g/mol. The fraction of sp³-hybridized carbons (Fsp3) is 0.667. The lowest BCUT2D eigenvalue weighted by Gasteiger charge is -2.42. The first-order valence-corrected chi connectivity index (χ1v) is 3.72. The van der Waals surface area contributed by atoms with Crippen LogP contribution in [0.4, 0.5) is 0 Å². The first kappa shape index (κ1) is 7.52. The number of carbonyl (C=O) groups excluding carboxylic acids is 1. The largest absolute Gasteiger partial charge is 0.294 e. The van der Waals surface area contributed by atoms with Gasteiger partial charge in [0, 0.05) is 5.41 Å². The van der Waals surface area contributed by atoms with E-state index in [0.29, 0.717) is 11.7 Å². The van der Waals surface area contributed by atoms with Crippen molar-refractivity contribution in [3.8, 4) is 0 Å². The third-order valence-corrected chi connectivity index (χ3v) is 2.71. The molecule has 0 spiro atoms. The van der Waals surface area contributed by atoms with Crippen LogP contribution in [0.25, 0.3) is 0 Å². The average Bonchev–Trinajstić information content (AvgIpc) is 1.89. The Morgan fingerprint density at radius 3 is 2.20 bits per heavy atom. The van der Waals surface area contributed by atoms with E-state index in [0.717, 1.165) is 5.57 Å². The van der Waals surface area contributed by atoms with Crippen LogP contribution in [-0.2, 0) is 4.79 Å². The molecule has 10 heavy (non-hydrogen) atoms. The Labute approximate surface area is 62.1 Å². The zero-order valence-electron chi connectivity index (χ0n) is 7.06. The first-order chi connectivity index (χ1) is 4.51. The summed E-state index contributed by atoms with van der Waals surface area (Å²) in [5.41, 5.74) is 0.909. The van der Waals surface area contributed by atoms with Gasteiger partial charge < -0.3 is 0 Å². The zero-order valence-corrected chi connectivity index (χ0v) is 7.06. The van der Waals surface area contributed by atoms with Crippen LogP contribution in [0, 0.1) is 11.3 Å². The second-order valence-corrected chi connectivity index (χ2v) is 3.52. The molecule has 1 aliphatic rings. The van der Waals surface area contributed by atoms with Gasteiger partial charge in [-0.1, -0.05) is 26.8 Å². The van der Waals surface area contributed by atoms with Gasteiger partial charge in [-0.15, -0.1) is 0 Å². The molecule has 1 saturated carbocycles. The summed E-state index contributed by atoms with van der Waals surface area (Å²) in [6.45, 7) is 8.05. The highest BCUT2D eigenvalue weighted by Gasteiger charge is 2.48. The normalized spacial score (nSPS) is 34.2. The fourth-order valence-corrected chi connectivity index (χ4v) is 1.46. The van der Waals surface area contributed by atoms with Gasteiger partial charge >= 0.3 is 0 Å². The van der Waals surface area contributed by atoms with E-state index in [-0.39, 0.29) is 5.41 Å². The van der Waals surface area contributed by atoms with Crippen LogP contribution in [0.15, 0.2) is 11.6 Å². The minimum atomic E-state index is -0.0954. The van der Waals surface area contributed by atoms with E-state index in [1.165, 1.54) is 0 Å². The molecule has 56 valence electrons. The van der Waals surface area contributed by atoms with Gasteiger partial charge in [0.15, 0.2) is 5.78 Å². The first-order valence-electron chi connectivity index (χ1n) is 3.72. The lowest BCUT2D eigenvalue weighted by atomic mass is 9.59. The second kappa shape index (κ2) is 1.94. The Bertz CT molecular complexity index is 199. The highest BCUT2D eigenvalue weighted by Crippen LogP contribution is 2.46. The van der Waals surface area contributed by atoms with Gasteiger partial charge in [-0.25, -0.2) is 0 Å². The van der Waals surface area contributed by atoms with Crippen LogP contribution in [0.1, 0.15) is 27.7 Å². The van der Waals surface area contributed by atoms with Gasteiger partial charge in [0.25, 0.3) is 0 Å². The summed E-state index contributed by atoms with van der Waals surface area (Å²) in [6.07, 6.45) is 1.93. The smallest absolute Gasteiger partial charge is 0.165 e. The summed E-state index contributed by atoms with van der Waals surface area (Å²) in [5.74, 6) is 0.771. The van der Waals surface area contributed by atoms with E-state index in [4.69, 9.17) is 0 Å². The molecule has 0 radical (unpaired) electrons. The Hall–Kier alpha value is -0.590. The van der Waals surface area contributed by atoms with Crippen molar-refractivity contribution in [2.24, 2.45) is 11.3 Å². The number of Topliss-reactive ketones (excluding diaryl/α,β-unsaturated/α-hetero) is 1. The second-order valence-electron chi connectivity index (χ2n) is 3.52. The van der Waals surface area contributed by atoms with Gasteiger partial charge in [0.05, 0.1) is 0 Å². The van der Waals surface area contributed by atoms with Crippen LogP contribution in [0.2, 0.25) is 0 Å². The van der Waals surface area contributed by atoms with Crippen molar-refractivity contribution in [3.05, 3.63) is 11.6 Å². The maximum atomic E-state index is 11.3. The molecule has 1 unspecified atom stereocenters. The van der Waals surface area contributed by atoms with Gasteiger partial charge in [-0.05, 0) is 18.4 Å². The Morgan fingerprint density at radius 2 is 2.00 bits per heavy atom. The molecule has 1 atom stereocenters. The lowest BCUT2D eigenvalue weighted by molar-refractivity contribution is -0.132. The summed E-state index contributed by atoms with van der Waals surface area (Å²) in [5, 5.41) is 0. The standard InChI is InChI=1S/C9H14O/c1-5-7-6(2)9(3,4)8(7)10/h5-6H,1-4H3/b7-5+. The quantitative estimate of drug-likeness (QED) is 0.469. The summed E-state index contributed by atoms with van der Waals surface area (Å²) in [7, 11) is 0. The van der Waals surface area contributed by atoms with Gasteiger partial charge in [-0.3, -0.25) is 4.79 Å². The average molecular weight is 138 g/mol. The Balaban J connectivity index is 2.88. The van der Waals surface area contributed by atoms with Crippen molar-refractivity contribution in [3.63, 3.8) is 0 Å². The maximum absolute atomic E-state index is 11.3. The number of hydrogen-bond acceptors (Lipinski definition) is 1. The van der Waals surface area contributed by atoms with Crippen molar-refractivity contribution in [1.82, 2.24) is 0 Å². The predicted octanol–water partition coefficient (Wildman–Crippen LogP) is 2.18. The van der Waals surface area contributed by atoms with Crippen LogP contribution in [0.3, 0.4) is 0 Å². The maximum Gasteiger partial charge on any atom is 0.165 e. The SMILES string of the molecule is C/C=C1/C(=O)C(C)(C)C1C. The van der Waals surface area contributed by atoms with E-state index in [1.807, 2.05) is 26.8 Å². The molecule has 0 saturated heterocycles. The molecule has 1 heteroatoms. The van der Waals surface area contributed by atoms with E-state index in [1.54, 1.807) is 0 Å². The van der Waals surface area contributed by atoms with Gasteiger partial charge in [0.1, 0.15) is 0 Å². The molecular formula is C9H14O. The topological polar surface area (TPSA) is 17.1 Å². The molecule has 0 bridgehead atoms. The predicted molar refractivity (Wildman–Crippen MR) is 41.7 cm³/mol. The molecule has 0 aromatic heterocycles. The number of carbonyl (C=O) groups is 1. The number of hydrogen-bond donors (Lipinski definition) is 0. The van der Waals surface area contributed by atoms with Crippen LogP contribution >= 0.6 is 0 Å². The highest BCUT2D eigenvalue weighted by molar-refractivity contribution is 6.07. The molecular weight excluding hydrogens is 124 g/mol. The van der Waals surface area contributed by atoms with E-state index in [2.05, 4.69) is 6.92 Å². The van der Waals surface area contributed by atoms with Crippen molar-refractivity contribution in [2.75, 3.05) is 0 Å². The number of rotatable bonds is 0.